The standard InChI is InChI=1S/C26H27N7O3/c34-26(23-17-35-21-8-4-5-9-22(21)36-23)27-10-11-33-25-20(16-30-33)24(28-18-29-25)32-14-12-31(13-15-32)19-6-2-1-3-7-19/h1-9,16,18,23H,10-15,17H2,(H,27,34)/t23-/m0/s1. The molecule has 6 rings (SSSR count). The lowest BCUT2D eigenvalue weighted by Crippen LogP contribution is -2.46. The monoisotopic (exact) mass is 485 g/mol. The predicted octanol–water partition coefficient (Wildman–Crippen LogP) is 2.11. The lowest BCUT2D eigenvalue weighted by molar-refractivity contribution is -0.130. The molecule has 0 unspecified atom stereocenters. The number of rotatable bonds is 6. The molecular weight excluding hydrogens is 458 g/mol. The maximum absolute atomic E-state index is 12.6. The molecular formula is C26H27N7O3. The fourth-order valence-electron chi connectivity index (χ4n) is 4.66. The number of nitrogens with zero attached hydrogens (tertiary/aromatic N) is 6. The van der Waals surface area contributed by atoms with Crippen molar-refractivity contribution in [3.05, 3.63) is 67.1 Å². The van der Waals surface area contributed by atoms with Crippen LogP contribution in [0.4, 0.5) is 11.5 Å². The highest BCUT2D eigenvalue weighted by Crippen LogP contribution is 2.31. The van der Waals surface area contributed by atoms with Crippen molar-refractivity contribution < 1.29 is 14.3 Å². The molecule has 0 spiro atoms. The number of ether oxygens (including phenoxy) is 2. The van der Waals surface area contributed by atoms with E-state index < -0.39 is 6.10 Å². The van der Waals surface area contributed by atoms with E-state index in [0.29, 0.717) is 24.6 Å². The van der Waals surface area contributed by atoms with Crippen molar-refractivity contribution in [1.82, 2.24) is 25.1 Å². The molecule has 10 nitrogen and oxygen atoms in total. The van der Waals surface area contributed by atoms with Gasteiger partial charge in [-0.2, -0.15) is 5.10 Å². The average molecular weight is 486 g/mol. The molecule has 1 atom stereocenters. The first-order chi connectivity index (χ1) is 17.8. The van der Waals surface area contributed by atoms with Gasteiger partial charge in [-0.05, 0) is 24.3 Å². The molecule has 0 bridgehead atoms. The molecule has 0 saturated carbocycles. The third-order valence-electron chi connectivity index (χ3n) is 6.54. The van der Waals surface area contributed by atoms with Gasteiger partial charge in [0, 0.05) is 38.4 Å². The molecule has 2 aliphatic heterocycles. The molecule has 0 radical (unpaired) electrons. The highest BCUT2D eigenvalue weighted by Gasteiger charge is 2.27. The van der Waals surface area contributed by atoms with Gasteiger partial charge >= 0.3 is 0 Å². The number of hydrogen-bond acceptors (Lipinski definition) is 8. The van der Waals surface area contributed by atoms with Crippen LogP contribution in [-0.4, -0.2) is 71.1 Å². The Hall–Kier alpha value is -4.34. The van der Waals surface area contributed by atoms with Gasteiger partial charge in [0.2, 0.25) is 6.10 Å². The summed E-state index contributed by atoms with van der Waals surface area (Å²) in [7, 11) is 0. The second-order valence-electron chi connectivity index (χ2n) is 8.77. The number of carbonyl (C=O) groups is 1. The zero-order chi connectivity index (χ0) is 24.3. The van der Waals surface area contributed by atoms with Crippen molar-refractivity contribution in [2.75, 3.05) is 49.1 Å². The summed E-state index contributed by atoms with van der Waals surface area (Å²) in [5.74, 6) is 1.92. The van der Waals surface area contributed by atoms with Gasteiger partial charge in [-0.3, -0.25) is 4.79 Å². The van der Waals surface area contributed by atoms with E-state index in [9.17, 15) is 4.79 Å². The predicted molar refractivity (Wildman–Crippen MR) is 136 cm³/mol. The van der Waals surface area contributed by atoms with Crippen LogP contribution >= 0.6 is 0 Å². The highest BCUT2D eigenvalue weighted by atomic mass is 16.6. The molecule has 0 aliphatic carbocycles. The smallest absolute Gasteiger partial charge is 0.264 e. The van der Waals surface area contributed by atoms with Gasteiger partial charge in [-0.25, -0.2) is 14.6 Å². The normalized spacial score (nSPS) is 17.3. The quantitative estimate of drug-likeness (QED) is 0.444. The van der Waals surface area contributed by atoms with E-state index in [1.807, 2.05) is 30.5 Å². The number of aromatic nitrogens is 4. The number of fused-ring (bicyclic) bond motifs is 2. The maximum atomic E-state index is 12.6. The lowest BCUT2D eigenvalue weighted by atomic mass is 10.2. The number of para-hydroxylation sites is 3. The van der Waals surface area contributed by atoms with Crippen molar-refractivity contribution in [3.8, 4) is 11.5 Å². The summed E-state index contributed by atoms with van der Waals surface area (Å²) in [6.45, 7) is 4.65. The minimum atomic E-state index is -0.683. The fourth-order valence-corrected chi connectivity index (χ4v) is 4.66. The first-order valence-electron chi connectivity index (χ1n) is 12.1. The van der Waals surface area contributed by atoms with Gasteiger partial charge < -0.3 is 24.6 Å². The Kier molecular flexibility index (Phi) is 5.98. The largest absolute Gasteiger partial charge is 0.485 e. The molecule has 1 amide bonds. The van der Waals surface area contributed by atoms with Gasteiger partial charge in [-0.1, -0.05) is 30.3 Å². The maximum Gasteiger partial charge on any atom is 0.264 e. The van der Waals surface area contributed by atoms with E-state index in [4.69, 9.17) is 9.47 Å². The number of benzene rings is 2. The summed E-state index contributed by atoms with van der Waals surface area (Å²) in [5.41, 5.74) is 2.00. The lowest BCUT2D eigenvalue weighted by Gasteiger charge is -2.36. The Morgan fingerprint density at radius 3 is 2.53 bits per heavy atom. The van der Waals surface area contributed by atoms with Crippen molar-refractivity contribution >= 4 is 28.4 Å². The van der Waals surface area contributed by atoms with Crippen LogP contribution in [-0.2, 0) is 11.3 Å². The summed E-state index contributed by atoms with van der Waals surface area (Å²) in [5, 5.41) is 8.36. The minimum Gasteiger partial charge on any atom is -0.485 e. The van der Waals surface area contributed by atoms with Gasteiger partial charge in [-0.15, -0.1) is 0 Å². The molecule has 36 heavy (non-hydrogen) atoms. The number of nitrogens with one attached hydrogen (secondary N) is 1. The third-order valence-corrected chi connectivity index (χ3v) is 6.54. The molecule has 2 aliphatic rings. The zero-order valence-corrected chi connectivity index (χ0v) is 19.8. The Morgan fingerprint density at radius 1 is 0.944 bits per heavy atom. The van der Waals surface area contributed by atoms with Crippen LogP contribution in [0.5, 0.6) is 11.5 Å². The van der Waals surface area contributed by atoms with E-state index in [2.05, 4.69) is 54.4 Å². The first-order valence-corrected chi connectivity index (χ1v) is 12.1. The molecule has 2 aromatic carbocycles. The van der Waals surface area contributed by atoms with Crippen LogP contribution in [0.2, 0.25) is 0 Å². The van der Waals surface area contributed by atoms with Crippen LogP contribution in [0.1, 0.15) is 0 Å². The number of amides is 1. The summed E-state index contributed by atoms with van der Waals surface area (Å²) in [6, 6.07) is 17.8. The molecule has 1 saturated heterocycles. The van der Waals surface area contributed by atoms with Crippen LogP contribution in [0.15, 0.2) is 67.1 Å². The summed E-state index contributed by atoms with van der Waals surface area (Å²) in [4.78, 5) is 26.3. The second-order valence-corrected chi connectivity index (χ2v) is 8.77. The van der Waals surface area contributed by atoms with E-state index >= 15 is 0 Å². The van der Waals surface area contributed by atoms with Crippen LogP contribution in [0.3, 0.4) is 0 Å². The van der Waals surface area contributed by atoms with Gasteiger partial charge in [0.25, 0.3) is 5.91 Å². The highest BCUT2D eigenvalue weighted by molar-refractivity contribution is 5.87. The second kappa shape index (κ2) is 9.73. The number of hydrogen-bond donors (Lipinski definition) is 1. The van der Waals surface area contributed by atoms with E-state index in [1.165, 1.54) is 5.69 Å². The zero-order valence-electron chi connectivity index (χ0n) is 19.8. The topological polar surface area (TPSA) is 97.6 Å². The molecule has 4 heterocycles. The van der Waals surface area contributed by atoms with Crippen LogP contribution in [0, 0.1) is 0 Å². The minimum absolute atomic E-state index is 0.182. The summed E-state index contributed by atoms with van der Waals surface area (Å²) < 4.78 is 13.2. The molecule has 1 N–H and O–H groups in total. The van der Waals surface area contributed by atoms with Crippen molar-refractivity contribution in [1.29, 1.82) is 0 Å². The molecule has 10 heteroatoms. The van der Waals surface area contributed by atoms with Crippen LogP contribution < -0.4 is 24.6 Å². The van der Waals surface area contributed by atoms with E-state index in [-0.39, 0.29) is 12.5 Å². The SMILES string of the molecule is O=C(NCCn1ncc2c(N3CCN(c4ccccc4)CC3)ncnc21)[C@@H]1COc2ccccc2O1. The summed E-state index contributed by atoms with van der Waals surface area (Å²) in [6.07, 6.45) is 2.71. The molecule has 1 fully saturated rings. The Labute approximate surface area is 208 Å². The van der Waals surface area contributed by atoms with E-state index in [0.717, 1.165) is 43.0 Å². The molecule has 2 aromatic heterocycles. The fraction of sp³-hybridized carbons (Fsp3) is 0.308. The Bertz CT molecular complexity index is 1350. The van der Waals surface area contributed by atoms with Gasteiger partial charge in [0.15, 0.2) is 17.1 Å². The summed E-state index contributed by atoms with van der Waals surface area (Å²) >= 11 is 0. The third kappa shape index (κ3) is 4.37. The first kappa shape index (κ1) is 22.1. The van der Waals surface area contributed by atoms with E-state index in [1.54, 1.807) is 17.1 Å². The molecule has 4 aromatic rings. The Balaban J connectivity index is 1.07. The van der Waals surface area contributed by atoms with Crippen LogP contribution in [0.25, 0.3) is 11.0 Å². The number of anilines is 2. The van der Waals surface area contributed by atoms with Gasteiger partial charge in [0.1, 0.15) is 18.8 Å². The molecule has 184 valence electrons. The van der Waals surface area contributed by atoms with Crippen molar-refractivity contribution in [2.24, 2.45) is 0 Å². The van der Waals surface area contributed by atoms with Crippen molar-refractivity contribution in [3.63, 3.8) is 0 Å². The average Bonchev–Trinajstić information content (AvgIpc) is 3.36. The Morgan fingerprint density at radius 2 is 1.69 bits per heavy atom. The van der Waals surface area contributed by atoms with Crippen molar-refractivity contribution in [2.45, 2.75) is 12.6 Å². The van der Waals surface area contributed by atoms with Gasteiger partial charge in [0.05, 0.1) is 18.1 Å². The number of carbonyl (C=O) groups excluding carboxylic acids is 1. The number of piperazine rings is 1.